The van der Waals surface area contributed by atoms with Gasteiger partial charge >= 0.3 is 6.09 Å². The number of rotatable bonds is 4. The van der Waals surface area contributed by atoms with E-state index in [1.807, 2.05) is 26.8 Å². The second-order valence-corrected chi connectivity index (χ2v) is 8.53. The average Bonchev–Trinajstić information content (AvgIpc) is 2.90. The fourth-order valence-corrected chi connectivity index (χ4v) is 3.40. The smallest absolute Gasteiger partial charge is 0.410 e. The third kappa shape index (κ3) is 5.83. The van der Waals surface area contributed by atoms with Crippen LogP contribution in [-0.4, -0.2) is 36.2 Å². The summed E-state index contributed by atoms with van der Waals surface area (Å²) < 4.78 is 6.22. The van der Waals surface area contributed by atoms with Gasteiger partial charge in [-0.2, -0.15) is 0 Å². The van der Waals surface area contributed by atoms with Crippen molar-refractivity contribution in [1.82, 2.24) is 10.2 Å². The van der Waals surface area contributed by atoms with Gasteiger partial charge in [-0.1, -0.05) is 23.3 Å². The van der Waals surface area contributed by atoms with E-state index in [4.69, 9.17) is 16.3 Å². The molecule has 0 radical (unpaired) electrons. The molecule has 6 heteroatoms. The van der Waals surface area contributed by atoms with Gasteiger partial charge < -0.3 is 15.0 Å². The number of ether oxygens (including phenoxy) is 1. The maximum atomic E-state index is 12.0. The number of carbonyl (C=O) groups is 1. The maximum absolute atomic E-state index is 12.0. The number of thiophene rings is 1. The number of halogens is 1. The van der Waals surface area contributed by atoms with Crippen LogP contribution in [0.3, 0.4) is 0 Å². The Bertz CT molecular complexity index is 577. The third-order valence-electron chi connectivity index (χ3n) is 3.61. The largest absolute Gasteiger partial charge is 0.444 e. The predicted octanol–water partition coefficient (Wildman–Crippen LogP) is 4.62. The molecule has 1 aromatic heterocycles. The summed E-state index contributed by atoms with van der Waals surface area (Å²) in [5, 5.41) is 3.51. The van der Waals surface area contributed by atoms with Gasteiger partial charge in [0.05, 0.1) is 4.34 Å². The van der Waals surface area contributed by atoms with E-state index in [0.717, 1.165) is 17.3 Å². The van der Waals surface area contributed by atoms with Crippen LogP contribution in [-0.2, 0) is 4.74 Å². The molecule has 0 fully saturated rings. The number of hydrogen-bond donors (Lipinski definition) is 1. The van der Waals surface area contributed by atoms with Crippen molar-refractivity contribution in [2.75, 3.05) is 19.6 Å². The van der Waals surface area contributed by atoms with Crippen LogP contribution in [0.2, 0.25) is 4.34 Å². The molecule has 0 spiro atoms. The number of nitrogens with zero attached hydrogens (tertiary/aromatic N) is 1. The summed E-state index contributed by atoms with van der Waals surface area (Å²) in [6, 6.07) is 4.26. The quantitative estimate of drug-likeness (QED) is 0.800. The van der Waals surface area contributed by atoms with E-state index < -0.39 is 5.60 Å². The summed E-state index contributed by atoms with van der Waals surface area (Å²) in [5.41, 5.74) is 0.888. The monoisotopic (exact) mass is 356 g/mol. The van der Waals surface area contributed by atoms with Crippen LogP contribution in [0.25, 0.3) is 0 Å². The first kappa shape index (κ1) is 18.3. The van der Waals surface area contributed by atoms with Gasteiger partial charge in [0.2, 0.25) is 0 Å². The van der Waals surface area contributed by atoms with Gasteiger partial charge in [0, 0.05) is 30.6 Å². The first-order valence-corrected chi connectivity index (χ1v) is 9.08. The summed E-state index contributed by atoms with van der Waals surface area (Å²) >= 11 is 7.58. The molecule has 1 N–H and O–H groups in total. The minimum absolute atomic E-state index is 0.234. The van der Waals surface area contributed by atoms with E-state index in [-0.39, 0.29) is 12.1 Å². The summed E-state index contributed by atoms with van der Waals surface area (Å²) in [5.74, 6) is 0. The molecule has 0 saturated carbocycles. The molecule has 128 valence electrons. The molecule has 1 aliphatic heterocycles. The van der Waals surface area contributed by atoms with Gasteiger partial charge in [-0.3, -0.25) is 0 Å². The molecule has 1 aromatic rings. The fourth-order valence-electron chi connectivity index (χ4n) is 2.31. The molecule has 23 heavy (non-hydrogen) atoms. The number of carbonyl (C=O) groups excluding carboxylic acids is 1. The number of hydrogen-bond acceptors (Lipinski definition) is 4. The van der Waals surface area contributed by atoms with Gasteiger partial charge in [-0.05, 0) is 46.2 Å². The van der Waals surface area contributed by atoms with Crippen molar-refractivity contribution in [3.05, 3.63) is 33.0 Å². The zero-order chi connectivity index (χ0) is 17.0. The highest BCUT2D eigenvalue weighted by Crippen LogP contribution is 2.26. The van der Waals surface area contributed by atoms with E-state index >= 15 is 0 Å². The molecule has 1 amide bonds. The Balaban J connectivity index is 1.79. The van der Waals surface area contributed by atoms with Crippen molar-refractivity contribution in [3.63, 3.8) is 0 Å². The zero-order valence-electron chi connectivity index (χ0n) is 14.2. The average molecular weight is 357 g/mol. The summed E-state index contributed by atoms with van der Waals surface area (Å²) in [6.07, 6.45) is 2.76. The fraction of sp³-hybridized carbons (Fsp3) is 0.588. The van der Waals surface area contributed by atoms with Gasteiger partial charge in [0.15, 0.2) is 0 Å². The van der Waals surface area contributed by atoms with Gasteiger partial charge in [-0.25, -0.2) is 4.79 Å². The molecule has 2 heterocycles. The Labute approximate surface area is 147 Å². The highest BCUT2D eigenvalue weighted by atomic mass is 35.5. The lowest BCUT2D eigenvalue weighted by Gasteiger charge is -2.30. The van der Waals surface area contributed by atoms with Crippen LogP contribution in [0.4, 0.5) is 4.79 Å². The van der Waals surface area contributed by atoms with Crippen LogP contribution in [0.15, 0.2) is 23.8 Å². The van der Waals surface area contributed by atoms with Crippen LogP contribution < -0.4 is 5.32 Å². The minimum atomic E-state index is -0.444. The van der Waals surface area contributed by atoms with E-state index in [1.54, 1.807) is 16.2 Å². The molecule has 1 atom stereocenters. The van der Waals surface area contributed by atoms with Crippen molar-refractivity contribution in [3.8, 4) is 0 Å². The summed E-state index contributed by atoms with van der Waals surface area (Å²) in [6.45, 7) is 9.96. The van der Waals surface area contributed by atoms with Crippen molar-refractivity contribution in [2.24, 2.45) is 0 Å². The summed E-state index contributed by atoms with van der Waals surface area (Å²) in [4.78, 5) is 15.0. The van der Waals surface area contributed by atoms with Crippen LogP contribution in [0.1, 0.15) is 45.0 Å². The van der Waals surface area contributed by atoms with E-state index in [0.29, 0.717) is 13.1 Å². The van der Waals surface area contributed by atoms with Crippen LogP contribution >= 0.6 is 22.9 Å². The third-order valence-corrected chi connectivity index (χ3v) is 5.02. The lowest BCUT2D eigenvalue weighted by molar-refractivity contribution is 0.0265. The number of nitrogens with one attached hydrogen (secondary N) is 1. The molecule has 1 aliphatic rings. The normalized spacial score (nSPS) is 16.9. The molecular formula is C17H25ClN2O2S. The Morgan fingerprint density at radius 1 is 1.48 bits per heavy atom. The molecule has 0 aliphatic carbocycles. The first-order valence-electron chi connectivity index (χ1n) is 7.89. The lowest BCUT2D eigenvalue weighted by Crippen LogP contribution is -2.40. The molecule has 1 unspecified atom stereocenters. The predicted molar refractivity (Wildman–Crippen MR) is 96.3 cm³/mol. The van der Waals surface area contributed by atoms with Crippen molar-refractivity contribution >= 4 is 29.0 Å². The maximum Gasteiger partial charge on any atom is 0.410 e. The lowest BCUT2D eigenvalue weighted by atomic mass is 10.1. The zero-order valence-corrected chi connectivity index (χ0v) is 15.8. The molecule has 0 bridgehead atoms. The van der Waals surface area contributed by atoms with Crippen molar-refractivity contribution in [1.29, 1.82) is 0 Å². The standard InChI is InChI=1S/C17H25ClN2O2S/c1-12(14-5-6-15(18)23-14)19-11-13-7-9-20(10-8-13)16(21)22-17(2,3)4/h5-7,12,19H,8-11H2,1-4H3. The Morgan fingerprint density at radius 3 is 2.74 bits per heavy atom. The van der Waals surface area contributed by atoms with Gasteiger partial charge in [0.25, 0.3) is 0 Å². The van der Waals surface area contributed by atoms with Crippen LogP contribution in [0.5, 0.6) is 0 Å². The molecule has 0 saturated heterocycles. The molecule has 2 rings (SSSR count). The molecule has 4 nitrogen and oxygen atoms in total. The molecule has 0 aromatic carbocycles. The van der Waals surface area contributed by atoms with E-state index in [2.05, 4.69) is 24.4 Å². The second-order valence-electron chi connectivity index (χ2n) is 6.78. The van der Waals surface area contributed by atoms with Gasteiger partial charge in [0.1, 0.15) is 5.60 Å². The summed E-state index contributed by atoms with van der Waals surface area (Å²) in [7, 11) is 0. The van der Waals surface area contributed by atoms with Crippen molar-refractivity contribution < 1.29 is 9.53 Å². The highest BCUT2D eigenvalue weighted by molar-refractivity contribution is 7.16. The Kier molecular flexibility index (Phi) is 6.12. The molecular weight excluding hydrogens is 332 g/mol. The van der Waals surface area contributed by atoms with Crippen molar-refractivity contribution in [2.45, 2.75) is 45.8 Å². The Morgan fingerprint density at radius 2 is 2.22 bits per heavy atom. The van der Waals surface area contributed by atoms with Gasteiger partial charge in [-0.15, -0.1) is 11.3 Å². The topological polar surface area (TPSA) is 41.6 Å². The SMILES string of the molecule is CC(NCC1=CCN(C(=O)OC(C)(C)C)CC1)c1ccc(Cl)s1. The minimum Gasteiger partial charge on any atom is -0.444 e. The first-order chi connectivity index (χ1) is 10.7. The van der Waals surface area contributed by atoms with Crippen LogP contribution in [0, 0.1) is 0 Å². The van der Waals surface area contributed by atoms with E-state index in [1.165, 1.54) is 10.5 Å². The Hall–Kier alpha value is -1.04. The van der Waals surface area contributed by atoms with E-state index in [9.17, 15) is 4.79 Å². The highest BCUT2D eigenvalue weighted by Gasteiger charge is 2.23. The second kappa shape index (κ2) is 7.69. The number of amides is 1.